The average Bonchev–Trinajstić information content (AvgIpc) is 2.48. The smallest absolute Gasteiger partial charge is 0.309 e. The number of aliphatic carboxylic acids is 1. The second kappa shape index (κ2) is 5.59. The number of hydrogen-bond donors (Lipinski definition) is 1. The van der Waals surface area contributed by atoms with E-state index in [2.05, 4.69) is 24.3 Å². The van der Waals surface area contributed by atoms with Crippen LogP contribution in [0, 0.1) is 5.41 Å². The molecule has 0 spiro atoms. The fourth-order valence-corrected chi connectivity index (χ4v) is 4.27. The molecule has 2 aliphatic carbocycles. The lowest BCUT2D eigenvalue weighted by Gasteiger charge is -2.38. The normalized spacial score (nSPS) is 24.9. The molecular weight excluding hydrogens is 248 g/mol. The standard InChI is InChI=1S/C18H24O2/c19-17(20)18(11-4-1-5-12-18)13-15-9-6-8-14-7-2-3-10-16(14)15/h2-3,7,10,15H,1,4-6,8-9,11-13H2,(H,19,20). The first-order chi connectivity index (χ1) is 9.71. The molecule has 0 aliphatic heterocycles. The molecule has 0 bridgehead atoms. The van der Waals surface area contributed by atoms with Crippen molar-refractivity contribution >= 4 is 5.97 Å². The number of rotatable bonds is 3. The predicted octanol–water partition coefficient (Wildman–Crippen LogP) is 4.53. The minimum atomic E-state index is -0.555. The highest BCUT2D eigenvalue weighted by Crippen LogP contribution is 2.47. The number of fused-ring (bicyclic) bond motifs is 1. The van der Waals surface area contributed by atoms with Crippen LogP contribution in [0.1, 0.15) is 68.4 Å². The van der Waals surface area contributed by atoms with Crippen molar-refractivity contribution < 1.29 is 9.90 Å². The predicted molar refractivity (Wildman–Crippen MR) is 79.9 cm³/mol. The van der Waals surface area contributed by atoms with Gasteiger partial charge in [-0.1, -0.05) is 43.5 Å². The Balaban J connectivity index is 1.85. The molecule has 0 heterocycles. The van der Waals surface area contributed by atoms with Crippen molar-refractivity contribution in [1.82, 2.24) is 0 Å². The first-order valence-electron chi connectivity index (χ1n) is 8.02. The molecule has 1 N–H and O–H groups in total. The first kappa shape index (κ1) is 13.7. The molecule has 0 amide bonds. The van der Waals surface area contributed by atoms with Gasteiger partial charge >= 0.3 is 5.97 Å². The van der Waals surface area contributed by atoms with Crippen LogP contribution >= 0.6 is 0 Å². The van der Waals surface area contributed by atoms with Gasteiger partial charge in [0.2, 0.25) is 0 Å². The summed E-state index contributed by atoms with van der Waals surface area (Å²) in [6.45, 7) is 0. The Bertz CT molecular complexity index is 486. The van der Waals surface area contributed by atoms with Crippen molar-refractivity contribution in [3.05, 3.63) is 35.4 Å². The van der Waals surface area contributed by atoms with Gasteiger partial charge in [-0.3, -0.25) is 4.79 Å². The van der Waals surface area contributed by atoms with Gasteiger partial charge < -0.3 is 5.11 Å². The third kappa shape index (κ3) is 2.48. The van der Waals surface area contributed by atoms with E-state index in [4.69, 9.17) is 0 Å². The number of aryl methyl sites for hydroxylation is 1. The molecule has 2 nitrogen and oxygen atoms in total. The van der Waals surface area contributed by atoms with Crippen molar-refractivity contribution in [2.75, 3.05) is 0 Å². The van der Waals surface area contributed by atoms with Gasteiger partial charge in [0.1, 0.15) is 0 Å². The second-order valence-corrected chi connectivity index (χ2v) is 6.64. The minimum Gasteiger partial charge on any atom is -0.481 e. The van der Waals surface area contributed by atoms with Gasteiger partial charge in [-0.15, -0.1) is 0 Å². The van der Waals surface area contributed by atoms with E-state index in [1.807, 2.05) is 0 Å². The van der Waals surface area contributed by atoms with Crippen LogP contribution in [0.5, 0.6) is 0 Å². The van der Waals surface area contributed by atoms with E-state index >= 15 is 0 Å². The molecule has 108 valence electrons. The molecule has 20 heavy (non-hydrogen) atoms. The summed E-state index contributed by atoms with van der Waals surface area (Å²) in [4.78, 5) is 11.9. The lowest BCUT2D eigenvalue weighted by Crippen LogP contribution is -2.35. The molecule has 0 radical (unpaired) electrons. The summed E-state index contributed by atoms with van der Waals surface area (Å²) in [7, 11) is 0. The summed E-state index contributed by atoms with van der Waals surface area (Å²) in [6, 6.07) is 8.65. The maximum Gasteiger partial charge on any atom is 0.309 e. The van der Waals surface area contributed by atoms with Crippen molar-refractivity contribution in [2.24, 2.45) is 5.41 Å². The van der Waals surface area contributed by atoms with Gasteiger partial charge in [-0.05, 0) is 55.6 Å². The second-order valence-electron chi connectivity index (χ2n) is 6.64. The Morgan fingerprint density at radius 2 is 1.90 bits per heavy atom. The molecule has 3 rings (SSSR count). The van der Waals surface area contributed by atoms with E-state index in [0.717, 1.165) is 44.9 Å². The van der Waals surface area contributed by atoms with Crippen LogP contribution in [0.2, 0.25) is 0 Å². The zero-order valence-corrected chi connectivity index (χ0v) is 12.1. The Hall–Kier alpha value is -1.31. The molecule has 1 aromatic rings. The van der Waals surface area contributed by atoms with Gasteiger partial charge in [0.05, 0.1) is 5.41 Å². The number of carboxylic acid groups (broad SMARTS) is 1. The molecular formula is C18H24O2. The molecule has 2 aliphatic rings. The SMILES string of the molecule is O=C(O)C1(CC2CCCc3ccccc32)CCCCC1. The van der Waals surface area contributed by atoms with Crippen LogP contribution in [-0.2, 0) is 11.2 Å². The number of benzene rings is 1. The van der Waals surface area contributed by atoms with E-state index in [9.17, 15) is 9.90 Å². The molecule has 1 aromatic carbocycles. The fourth-order valence-electron chi connectivity index (χ4n) is 4.27. The van der Waals surface area contributed by atoms with Crippen LogP contribution in [0.25, 0.3) is 0 Å². The molecule has 0 aromatic heterocycles. The minimum absolute atomic E-state index is 0.451. The monoisotopic (exact) mass is 272 g/mol. The summed E-state index contributed by atoms with van der Waals surface area (Å²) in [6.07, 6.45) is 9.50. The van der Waals surface area contributed by atoms with Crippen LogP contribution < -0.4 is 0 Å². The molecule has 2 heteroatoms. The topological polar surface area (TPSA) is 37.3 Å². The lowest BCUT2D eigenvalue weighted by atomic mass is 9.66. The third-order valence-corrected chi connectivity index (χ3v) is 5.40. The summed E-state index contributed by atoms with van der Waals surface area (Å²) < 4.78 is 0. The quantitative estimate of drug-likeness (QED) is 0.877. The Morgan fingerprint density at radius 1 is 1.15 bits per heavy atom. The zero-order valence-electron chi connectivity index (χ0n) is 12.1. The Labute approximate surface area is 121 Å². The van der Waals surface area contributed by atoms with Gasteiger partial charge in [-0.25, -0.2) is 0 Å². The zero-order chi connectivity index (χ0) is 14.0. The largest absolute Gasteiger partial charge is 0.481 e. The maximum absolute atomic E-state index is 11.9. The van der Waals surface area contributed by atoms with Crippen molar-refractivity contribution in [1.29, 1.82) is 0 Å². The summed E-state index contributed by atoms with van der Waals surface area (Å²) in [5.41, 5.74) is 2.41. The van der Waals surface area contributed by atoms with Gasteiger partial charge in [-0.2, -0.15) is 0 Å². The van der Waals surface area contributed by atoms with Crippen LogP contribution in [0.3, 0.4) is 0 Å². The maximum atomic E-state index is 11.9. The van der Waals surface area contributed by atoms with E-state index in [-0.39, 0.29) is 0 Å². The first-order valence-corrected chi connectivity index (χ1v) is 8.02. The lowest BCUT2D eigenvalue weighted by molar-refractivity contribution is -0.152. The summed E-state index contributed by atoms with van der Waals surface area (Å²) in [5, 5.41) is 9.77. The van der Waals surface area contributed by atoms with Crippen molar-refractivity contribution in [3.8, 4) is 0 Å². The van der Waals surface area contributed by atoms with Crippen LogP contribution in [0.15, 0.2) is 24.3 Å². The Kier molecular flexibility index (Phi) is 3.82. The van der Waals surface area contributed by atoms with Gasteiger partial charge in [0.25, 0.3) is 0 Å². The summed E-state index contributed by atoms with van der Waals surface area (Å²) >= 11 is 0. The molecule has 1 fully saturated rings. The number of hydrogen-bond acceptors (Lipinski definition) is 1. The molecule has 1 saturated carbocycles. The number of carboxylic acids is 1. The number of carbonyl (C=O) groups is 1. The molecule has 0 saturated heterocycles. The average molecular weight is 272 g/mol. The summed E-state index contributed by atoms with van der Waals surface area (Å²) in [5.74, 6) is -0.102. The fraction of sp³-hybridized carbons (Fsp3) is 0.611. The van der Waals surface area contributed by atoms with Crippen LogP contribution in [-0.4, -0.2) is 11.1 Å². The van der Waals surface area contributed by atoms with Crippen molar-refractivity contribution in [2.45, 2.75) is 63.7 Å². The van der Waals surface area contributed by atoms with E-state index in [1.165, 1.54) is 24.0 Å². The van der Waals surface area contributed by atoms with Crippen LogP contribution in [0.4, 0.5) is 0 Å². The van der Waals surface area contributed by atoms with E-state index in [0.29, 0.717) is 5.92 Å². The van der Waals surface area contributed by atoms with E-state index in [1.54, 1.807) is 0 Å². The highest BCUT2D eigenvalue weighted by Gasteiger charge is 2.42. The highest BCUT2D eigenvalue weighted by atomic mass is 16.4. The highest BCUT2D eigenvalue weighted by molar-refractivity contribution is 5.75. The Morgan fingerprint density at radius 3 is 2.65 bits per heavy atom. The van der Waals surface area contributed by atoms with Crippen molar-refractivity contribution in [3.63, 3.8) is 0 Å². The molecule has 1 atom stereocenters. The van der Waals surface area contributed by atoms with Gasteiger partial charge in [0, 0.05) is 0 Å². The van der Waals surface area contributed by atoms with Gasteiger partial charge in [0.15, 0.2) is 0 Å². The van der Waals surface area contributed by atoms with E-state index < -0.39 is 11.4 Å². The molecule has 1 unspecified atom stereocenters. The third-order valence-electron chi connectivity index (χ3n) is 5.40.